The lowest BCUT2D eigenvalue weighted by atomic mass is 10.2. The third-order valence-electron chi connectivity index (χ3n) is 2.35. The molecule has 5 heteroatoms. The highest BCUT2D eigenvalue weighted by Gasteiger charge is 2.13. The Morgan fingerprint density at radius 1 is 1.50 bits per heavy atom. The molecule has 82 valence electrons. The Balaban J connectivity index is 2.18. The normalized spacial score (nSPS) is 20.1. The fourth-order valence-electron chi connectivity index (χ4n) is 1.62. The Kier molecular flexibility index (Phi) is 4.69. The maximum atomic E-state index is 11.0. The predicted molar refractivity (Wildman–Crippen MR) is 56.4 cm³/mol. The number of carbonyl (C=O) groups is 1. The Morgan fingerprint density at radius 3 is 2.71 bits per heavy atom. The van der Waals surface area contributed by atoms with Gasteiger partial charge in [-0.25, -0.2) is 4.79 Å². The highest BCUT2D eigenvalue weighted by Crippen LogP contribution is 1.94. The van der Waals surface area contributed by atoms with Crippen LogP contribution in [0.4, 0.5) is 4.79 Å². The molecule has 1 aliphatic rings. The Bertz CT molecular complexity index is 180. The summed E-state index contributed by atoms with van der Waals surface area (Å²) in [6.07, 6.45) is 0. The van der Waals surface area contributed by atoms with E-state index in [1.54, 1.807) is 7.05 Å². The van der Waals surface area contributed by atoms with E-state index in [-0.39, 0.29) is 12.1 Å². The van der Waals surface area contributed by atoms with Crippen molar-refractivity contribution < 1.29 is 4.79 Å². The predicted octanol–water partition coefficient (Wildman–Crippen LogP) is -0.791. The first-order valence-corrected chi connectivity index (χ1v) is 5.13. The van der Waals surface area contributed by atoms with Gasteiger partial charge in [0.2, 0.25) is 0 Å². The third-order valence-corrected chi connectivity index (χ3v) is 2.35. The number of hydrogen-bond donors (Lipinski definition) is 3. The average Bonchev–Trinajstić information content (AvgIpc) is 2.19. The highest BCUT2D eigenvalue weighted by molar-refractivity contribution is 5.73. The van der Waals surface area contributed by atoms with Crippen LogP contribution in [0.5, 0.6) is 0 Å². The first-order chi connectivity index (χ1) is 6.72. The van der Waals surface area contributed by atoms with E-state index in [4.69, 9.17) is 0 Å². The molecule has 1 aliphatic heterocycles. The summed E-state index contributed by atoms with van der Waals surface area (Å²) in [7, 11) is 1.63. The molecule has 0 saturated carbocycles. The van der Waals surface area contributed by atoms with E-state index < -0.39 is 0 Å². The molecule has 1 saturated heterocycles. The second-order valence-electron chi connectivity index (χ2n) is 3.68. The van der Waals surface area contributed by atoms with Crippen molar-refractivity contribution in [1.82, 2.24) is 20.9 Å². The van der Waals surface area contributed by atoms with Gasteiger partial charge < -0.3 is 16.0 Å². The summed E-state index contributed by atoms with van der Waals surface area (Å²) in [5, 5.41) is 8.72. The highest BCUT2D eigenvalue weighted by atomic mass is 16.2. The van der Waals surface area contributed by atoms with Gasteiger partial charge in [0, 0.05) is 45.8 Å². The zero-order valence-corrected chi connectivity index (χ0v) is 8.97. The van der Waals surface area contributed by atoms with Crippen LogP contribution < -0.4 is 16.0 Å². The molecule has 1 heterocycles. The fourth-order valence-corrected chi connectivity index (χ4v) is 1.62. The van der Waals surface area contributed by atoms with E-state index in [9.17, 15) is 4.79 Å². The summed E-state index contributed by atoms with van der Waals surface area (Å²) in [5.74, 6) is 0. The summed E-state index contributed by atoms with van der Waals surface area (Å²) in [6, 6.07) is 0.0979. The first-order valence-electron chi connectivity index (χ1n) is 5.13. The lowest BCUT2D eigenvalue weighted by Crippen LogP contribution is -2.50. The number of nitrogens with one attached hydrogen (secondary N) is 3. The molecule has 0 aromatic heterocycles. The van der Waals surface area contributed by atoms with Gasteiger partial charge in [0.05, 0.1) is 0 Å². The van der Waals surface area contributed by atoms with E-state index >= 15 is 0 Å². The van der Waals surface area contributed by atoms with Crippen molar-refractivity contribution in [2.75, 3.05) is 39.8 Å². The van der Waals surface area contributed by atoms with Crippen molar-refractivity contribution >= 4 is 6.03 Å². The van der Waals surface area contributed by atoms with E-state index in [2.05, 4.69) is 20.9 Å². The van der Waals surface area contributed by atoms with E-state index in [0.717, 1.165) is 32.7 Å². The van der Waals surface area contributed by atoms with Crippen molar-refractivity contribution in [3.63, 3.8) is 0 Å². The number of piperazine rings is 1. The number of urea groups is 1. The summed E-state index contributed by atoms with van der Waals surface area (Å²) in [5.41, 5.74) is 0. The molecule has 0 spiro atoms. The van der Waals surface area contributed by atoms with E-state index in [1.165, 1.54) is 0 Å². The summed E-state index contributed by atoms with van der Waals surface area (Å²) >= 11 is 0. The van der Waals surface area contributed by atoms with Crippen LogP contribution in [0.15, 0.2) is 0 Å². The number of carbonyl (C=O) groups excluding carboxylic acids is 1. The molecule has 0 bridgehead atoms. The second-order valence-corrected chi connectivity index (χ2v) is 3.68. The van der Waals surface area contributed by atoms with E-state index in [1.807, 2.05) is 6.92 Å². The van der Waals surface area contributed by atoms with Crippen molar-refractivity contribution in [3.05, 3.63) is 0 Å². The first kappa shape index (κ1) is 11.3. The molecule has 14 heavy (non-hydrogen) atoms. The van der Waals surface area contributed by atoms with Crippen molar-refractivity contribution in [2.45, 2.75) is 13.0 Å². The lowest BCUT2D eigenvalue weighted by molar-refractivity contribution is 0.211. The number of amides is 2. The standard InChI is InChI=1S/C9H20N4O/c1-8(12-9(14)10-2)7-13-5-3-11-4-6-13/h8,11H,3-7H2,1-2H3,(H2,10,12,14). The molecule has 2 amide bonds. The molecule has 0 aliphatic carbocycles. The lowest BCUT2D eigenvalue weighted by Gasteiger charge is -2.29. The Hall–Kier alpha value is -0.810. The van der Waals surface area contributed by atoms with Crippen LogP contribution in [-0.4, -0.2) is 56.7 Å². The van der Waals surface area contributed by atoms with Crippen molar-refractivity contribution in [1.29, 1.82) is 0 Å². The third kappa shape index (κ3) is 3.93. The Morgan fingerprint density at radius 2 is 2.14 bits per heavy atom. The van der Waals surface area contributed by atoms with Gasteiger partial charge in [-0.05, 0) is 6.92 Å². The molecule has 0 aromatic rings. The van der Waals surface area contributed by atoms with Gasteiger partial charge in [0.1, 0.15) is 0 Å². The van der Waals surface area contributed by atoms with Crippen LogP contribution in [0, 0.1) is 0 Å². The number of nitrogens with zero attached hydrogens (tertiary/aromatic N) is 1. The van der Waals surface area contributed by atoms with Crippen LogP contribution in [-0.2, 0) is 0 Å². The van der Waals surface area contributed by atoms with Gasteiger partial charge in [-0.15, -0.1) is 0 Å². The van der Waals surface area contributed by atoms with Gasteiger partial charge in [-0.3, -0.25) is 4.90 Å². The average molecular weight is 200 g/mol. The molecular formula is C9H20N4O. The number of hydrogen-bond acceptors (Lipinski definition) is 3. The summed E-state index contributed by atoms with van der Waals surface area (Å²) < 4.78 is 0. The largest absolute Gasteiger partial charge is 0.341 e. The maximum absolute atomic E-state index is 11.0. The molecule has 3 N–H and O–H groups in total. The monoisotopic (exact) mass is 200 g/mol. The summed E-state index contributed by atoms with van der Waals surface area (Å²) in [6.45, 7) is 7.19. The fraction of sp³-hybridized carbons (Fsp3) is 0.889. The zero-order valence-electron chi connectivity index (χ0n) is 8.97. The molecule has 0 aromatic carbocycles. The van der Waals surface area contributed by atoms with Crippen LogP contribution in [0.3, 0.4) is 0 Å². The molecule has 0 radical (unpaired) electrons. The molecule has 1 rings (SSSR count). The Labute approximate surface area is 85.2 Å². The van der Waals surface area contributed by atoms with Crippen LogP contribution in [0.1, 0.15) is 6.92 Å². The van der Waals surface area contributed by atoms with Crippen LogP contribution in [0.25, 0.3) is 0 Å². The minimum absolute atomic E-state index is 0.104. The minimum atomic E-state index is -0.104. The van der Waals surface area contributed by atoms with E-state index in [0.29, 0.717) is 0 Å². The SMILES string of the molecule is CNC(=O)NC(C)CN1CCNCC1. The molecule has 1 unspecified atom stereocenters. The molecular weight excluding hydrogens is 180 g/mol. The van der Waals surface area contributed by atoms with Gasteiger partial charge >= 0.3 is 6.03 Å². The molecule has 1 atom stereocenters. The van der Waals surface area contributed by atoms with Gasteiger partial charge in [0.25, 0.3) is 0 Å². The van der Waals surface area contributed by atoms with Crippen LogP contribution >= 0.6 is 0 Å². The van der Waals surface area contributed by atoms with Gasteiger partial charge in [-0.1, -0.05) is 0 Å². The van der Waals surface area contributed by atoms with Crippen molar-refractivity contribution in [3.8, 4) is 0 Å². The summed E-state index contributed by atoms with van der Waals surface area (Å²) in [4.78, 5) is 13.4. The quantitative estimate of drug-likeness (QED) is 0.559. The van der Waals surface area contributed by atoms with Crippen molar-refractivity contribution in [2.24, 2.45) is 0 Å². The second kappa shape index (κ2) is 5.82. The zero-order chi connectivity index (χ0) is 10.4. The topological polar surface area (TPSA) is 56.4 Å². The van der Waals surface area contributed by atoms with Gasteiger partial charge in [0.15, 0.2) is 0 Å². The minimum Gasteiger partial charge on any atom is -0.341 e. The smallest absolute Gasteiger partial charge is 0.314 e. The molecule has 1 fully saturated rings. The number of rotatable bonds is 3. The van der Waals surface area contributed by atoms with Gasteiger partial charge in [-0.2, -0.15) is 0 Å². The molecule has 5 nitrogen and oxygen atoms in total. The maximum Gasteiger partial charge on any atom is 0.314 e. The van der Waals surface area contributed by atoms with Crippen LogP contribution in [0.2, 0.25) is 0 Å².